The molecule has 3 aromatic carbocycles. The summed E-state index contributed by atoms with van der Waals surface area (Å²) in [7, 11) is 3.34. The number of ether oxygens (including phenoxy) is 2. The normalized spacial score (nSPS) is 10.6. The third-order valence-corrected chi connectivity index (χ3v) is 5.10. The van der Waals surface area contributed by atoms with Crippen LogP contribution < -0.4 is 9.47 Å². The smallest absolute Gasteiger partial charge is 0.118 e. The van der Waals surface area contributed by atoms with Gasteiger partial charge in [0.1, 0.15) is 11.5 Å². The largest absolute Gasteiger partial charge is 0.497 e. The fraction of sp³-hybridized carbons (Fsp3) is 0.115. The van der Waals surface area contributed by atoms with Gasteiger partial charge in [-0.05, 0) is 65.7 Å². The summed E-state index contributed by atoms with van der Waals surface area (Å²) in [4.78, 5) is 0. The van der Waals surface area contributed by atoms with Crippen LogP contribution in [-0.4, -0.2) is 24.0 Å². The van der Waals surface area contributed by atoms with Crippen LogP contribution in [0.5, 0.6) is 11.5 Å². The molecule has 1 aromatic heterocycles. The Morgan fingerprint density at radius 1 is 0.800 bits per heavy atom. The van der Waals surface area contributed by atoms with Gasteiger partial charge in [-0.15, -0.1) is 0 Å². The number of rotatable bonds is 7. The highest BCUT2D eigenvalue weighted by Crippen LogP contribution is 2.29. The van der Waals surface area contributed by atoms with Crippen molar-refractivity contribution in [3.05, 3.63) is 96.6 Å². The van der Waals surface area contributed by atoms with Crippen LogP contribution in [0, 0.1) is 0 Å². The molecule has 4 aromatic rings. The molecule has 1 heterocycles. The minimum Gasteiger partial charge on any atom is -0.497 e. The summed E-state index contributed by atoms with van der Waals surface area (Å²) in [5, 5.41) is 4.92. The molecule has 0 radical (unpaired) electrons. The number of methoxy groups -OCH3 is 2. The second-order valence-electron chi connectivity index (χ2n) is 6.98. The van der Waals surface area contributed by atoms with Crippen LogP contribution in [-0.2, 0) is 6.54 Å². The number of aromatic nitrogens is 2. The molecule has 0 saturated heterocycles. The standard InChI is InChI=1S/C26H24N2O2/c1-4-19-5-7-20(8-6-19)18-28-26(22-11-15-24(30-3)16-12-22)17-25(27-28)21-9-13-23(29-2)14-10-21/h4-17H,1,18H2,2-3H3. The highest BCUT2D eigenvalue weighted by molar-refractivity contribution is 5.69. The summed E-state index contributed by atoms with van der Waals surface area (Å²) in [5.74, 6) is 1.66. The summed E-state index contributed by atoms with van der Waals surface area (Å²) < 4.78 is 12.6. The molecule has 0 aliphatic heterocycles. The van der Waals surface area contributed by atoms with Gasteiger partial charge in [-0.1, -0.05) is 36.9 Å². The topological polar surface area (TPSA) is 36.3 Å². The Kier molecular flexibility index (Phi) is 5.66. The van der Waals surface area contributed by atoms with Gasteiger partial charge in [0.15, 0.2) is 0 Å². The van der Waals surface area contributed by atoms with E-state index < -0.39 is 0 Å². The predicted molar refractivity (Wildman–Crippen MR) is 122 cm³/mol. The fourth-order valence-corrected chi connectivity index (χ4v) is 3.37. The SMILES string of the molecule is C=Cc1ccc(Cn2nc(-c3ccc(OC)cc3)cc2-c2ccc(OC)cc2)cc1. The van der Waals surface area contributed by atoms with E-state index >= 15 is 0 Å². The molecular formula is C26H24N2O2. The second-order valence-corrected chi connectivity index (χ2v) is 6.98. The van der Waals surface area contributed by atoms with Crippen LogP contribution in [0.3, 0.4) is 0 Å². The van der Waals surface area contributed by atoms with E-state index in [1.807, 2.05) is 47.2 Å². The van der Waals surface area contributed by atoms with Gasteiger partial charge in [0.2, 0.25) is 0 Å². The summed E-state index contributed by atoms with van der Waals surface area (Å²) in [6.07, 6.45) is 1.85. The molecule has 0 amide bonds. The zero-order valence-electron chi connectivity index (χ0n) is 17.2. The van der Waals surface area contributed by atoms with Gasteiger partial charge < -0.3 is 9.47 Å². The Balaban J connectivity index is 1.74. The van der Waals surface area contributed by atoms with Gasteiger partial charge in [-0.25, -0.2) is 0 Å². The Bertz CT molecular complexity index is 1130. The first-order chi connectivity index (χ1) is 14.7. The first kappa shape index (κ1) is 19.5. The number of nitrogens with zero attached hydrogens (tertiary/aromatic N) is 2. The van der Waals surface area contributed by atoms with E-state index in [1.54, 1.807) is 14.2 Å². The van der Waals surface area contributed by atoms with E-state index in [1.165, 1.54) is 5.56 Å². The van der Waals surface area contributed by atoms with E-state index in [9.17, 15) is 0 Å². The minimum atomic E-state index is 0.676. The molecule has 0 N–H and O–H groups in total. The minimum absolute atomic E-state index is 0.676. The third-order valence-electron chi connectivity index (χ3n) is 5.10. The molecule has 0 spiro atoms. The maximum atomic E-state index is 5.31. The van der Waals surface area contributed by atoms with Crippen molar-refractivity contribution < 1.29 is 9.47 Å². The fourth-order valence-electron chi connectivity index (χ4n) is 3.37. The van der Waals surface area contributed by atoms with Crippen molar-refractivity contribution in [2.24, 2.45) is 0 Å². The van der Waals surface area contributed by atoms with Crippen LogP contribution in [0.1, 0.15) is 11.1 Å². The molecule has 4 heteroatoms. The zero-order valence-corrected chi connectivity index (χ0v) is 17.2. The van der Waals surface area contributed by atoms with Gasteiger partial charge in [-0.3, -0.25) is 4.68 Å². The van der Waals surface area contributed by atoms with E-state index in [0.717, 1.165) is 39.6 Å². The lowest BCUT2D eigenvalue weighted by molar-refractivity contribution is 0.414. The number of benzene rings is 3. The van der Waals surface area contributed by atoms with Crippen molar-refractivity contribution in [1.29, 1.82) is 0 Å². The van der Waals surface area contributed by atoms with Gasteiger partial charge >= 0.3 is 0 Å². The summed E-state index contributed by atoms with van der Waals surface area (Å²) in [5.41, 5.74) is 6.40. The van der Waals surface area contributed by atoms with Crippen LogP contribution >= 0.6 is 0 Å². The molecular weight excluding hydrogens is 372 g/mol. The lowest BCUT2D eigenvalue weighted by Crippen LogP contribution is -2.04. The Labute approximate surface area is 177 Å². The Hall–Kier alpha value is -3.79. The van der Waals surface area contributed by atoms with Crippen molar-refractivity contribution in [3.63, 3.8) is 0 Å². The first-order valence-electron chi connectivity index (χ1n) is 9.78. The maximum absolute atomic E-state index is 5.31. The Morgan fingerprint density at radius 3 is 1.90 bits per heavy atom. The monoisotopic (exact) mass is 396 g/mol. The third kappa shape index (κ3) is 4.13. The zero-order chi connectivity index (χ0) is 20.9. The molecule has 0 aliphatic carbocycles. The molecule has 4 rings (SSSR count). The molecule has 0 fully saturated rings. The van der Waals surface area contributed by atoms with Gasteiger partial charge in [0.25, 0.3) is 0 Å². The number of hydrogen-bond donors (Lipinski definition) is 0. The second kappa shape index (κ2) is 8.70. The lowest BCUT2D eigenvalue weighted by atomic mass is 10.1. The summed E-state index contributed by atoms with van der Waals surface area (Å²) in [6.45, 7) is 4.50. The highest BCUT2D eigenvalue weighted by Gasteiger charge is 2.13. The van der Waals surface area contributed by atoms with Gasteiger partial charge in [0, 0.05) is 11.1 Å². The van der Waals surface area contributed by atoms with Crippen molar-refractivity contribution >= 4 is 6.08 Å². The molecule has 0 aliphatic rings. The van der Waals surface area contributed by atoms with Crippen LogP contribution in [0.4, 0.5) is 0 Å². The molecule has 0 bridgehead atoms. The van der Waals surface area contributed by atoms with E-state index in [2.05, 4.69) is 49.0 Å². The van der Waals surface area contributed by atoms with E-state index in [-0.39, 0.29) is 0 Å². The first-order valence-corrected chi connectivity index (χ1v) is 9.78. The van der Waals surface area contributed by atoms with E-state index in [4.69, 9.17) is 14.6 Å². The summed E-state index contributed by atoms with van der Waals surface area (Å²) >= 11 is 0. The average Bonchev–Trinajstić information content (AvgIpc) is 3.23. The van der Waals surface area contributed by atoms with Crippen molar-refractivity contribution in [1.82, 2.24) is 9.78 Å². The van der Waals surface area contributed by atoms with Crippen LogP contribution in [0.15, 0.2) is 85.4 Å². The highest BCUT2D eigenvalue weighted by atomic mass is 16.5. The maximum Gasteiger partial charge on any atom is 0.118 e. The molecule has 0 atom stereocenters. The van der Waals surface area contributed by atoms with E-state index in [0.29, 0.717) is 6.54 Å². The Morgan fingerprint density at radius 2 is 1.37 bits per heavy atom. The lowest BCUT2D eigenvalue weighted by Gasteiger charge is -2.09. The van der Waals surface area contributed by atoms with Crippen LogP contribution in [0.25, 0.3) is 28.6 Å². The van der Waals surface area contributed by atoms with Crippen molar-refractivity contribution in [3.8, 4) is 34.0 Å². The predicted octanol–water partition coefficient (Wildman–Crippen LogP) is 5.93. The summed E-state index contributed by atoms with van der Waals surface area (Å²) in [6, 6.07) is 26.5. The number of hydrogen-bond acceptors (Lipinski definition) is 3. The molecule has 0 saturated carbocycles. The molecule has 0 unspecified atom stereocenters. The van der Waals surface area contributed by atoms with Crippen molar-refractivity contribution in [2.75, 3.05) is 14.2 Å². The average molecular weight is 396 g/mol. The van der Waals surface area contributed by atoms with Gasteiger partial charge in [-0.2, -0.15) is 5.10 Å². The molecule has 4 nitrogen and oxygen atoms in total. The quantitative estimate of drug-likeness (QED) is 0.389. The molecule has 30 heavy (non-hydrogen) atoms. The van der Waals surface area contributed by atoms with Crippen LogP contribution in [0.2, 0.25) is 0 Å². The van der Waals surface area contributed by atoms with Gasteiger partial charge in [0.05, 0.1) is 32.2 Å². The van der Waals surface area contributed by atoms with Crippen molar-refractivity contribution in [2.45, 2.75) is 6.54 Å². The molecule has 150 valence electrons.